The highest BCUT2D eigenvalue weighted by Gasteiger charge is 2.22. The average molecular weight is 415 g/mol. The lowest BCUT2D eigenvalue weighted by Gasteiger charge is -2.17. The lowest BCUT2D eigenvalue weighted by molar-refractivity contribution is -0.384. The fourth-order valence-corrected chi connectivity index (χ4v) is 2.50. The molecule has 0 unspecified atom stereocenters. The lowest BCUT2D eigenvalue weighted by atomic mass is 10.1. The summed E-state index contributed by atoms with van der Waals surface area (Å²) < 4.78 is 9.69. The van der Waals surface area contributed by atoms with Gasteiger partial charge >= 0.3 is 12.1 Å². The highest BCUT2D eigenvalue weighted by molar-refractivity contribution is 5.87. The standard InChI is InChI=1S/C20H21N3O7/c1-29-19(25)17(11-14-7-9-16(10-8-14)23(27)28)22-18(24)12-21-20(26)30-13-15-5-3-2-4-6-15/h2-10,17H,11-13H2,1H3,(H,21,26)(H,22,24)/t17-/m0/s1. The van der Waals surface area contributed by atoms with Gasteiger partial charge in [0.1, 0.15) is 19.2 Å². The molecule has 0 aliphatic carbocycles. The molecular formula is C20H21N3O7. The number of hydrogen-bond donors (Lipinski definition) is 2. The summed E-state index contributed by atoms with van der Waals surface area (Å²) in [6, 6.07) is 13.6. The predicted octanol–water partition coefficient (Wildman–Crippen LogP) is 1.72. The SMILES string of the molecule is COC(=O)[C@H](Cc1ccc([N+](=O)[O-])cc1)NC(=O)CNC(=O)OCc1ccccc1. The minimum atomic E-state index is -1.02. The number of carbonyl (C=O) groups excluding carboxylic acids is 3. The Bertz CT molecular complexity index is 885. The Morgan fingerprint density at radius 3 is 2.30 bits per heavy atom. The Morgan fingerprint density at radius 2 is 1.70 bits per heavy atom. The van der Waals surface area contributed by atoms with Crippen LogP contribution in [0.5, 0.6) is 0 Å². The maximum Gasteiger partial charge on any atom is 0.407 e. The van der Waals surface area contributed by atoms with Crippen molar-refractivity contribution >= 4 is 23.7 Å². The number of methoxy groups -OCH3 is 1. The smallest absolute Gasteiger partial charge is 0.407 e. The van der Waals surface area contributed by atoms with Crippen LogP contribution in [0.1, 0.15) is 11.1 Å². The van der Waals surface area contributed by atoms with Crippen LogP contribution in [0, 0.1) is 10.1 Å². The number of carbonyl (C=O) groups is 3. The minimum Gasteiger partial charge on any atom is -0.467 e. The first-order chi connectivity index (χ1) is 14.4. The molecule has 158 valence electrons. The molecule has 2 aromatic rings. The predicted molar refractivity (Wildman–Crippen MR) is 105 cm³/mol. The third kappa shape index (κ3) is 7.23. The second-order valence-electron chi connectivity index (χ2n) is 6.19. The topological polar surface area (TPSA) is 137 Å². The summed E-state index contributed by atoms with van der Waals surface area (Å²) in [5.74, 6) is -1.31. The third-order valence-electron chi connectivity index (χ3n) is 4.01. The van der Waals surface area contributed by atoms with E-state index >= 15 is 0 Å². The molecule has 10 heteroatoms. The zero-order valence-electron chi connectivity index (χ0n) is 16.2. The van der Waals surface area contributed by atoms with Gasteiger partial charge in [0.05, 0.1) is 12.0 Å². The van der Waals surface area contributed by atoms with E-state index in [1.54, 1.807) is 12.1 Å². The van der Waals surface area contributed by atoms with Crippen molar-refractivity contribution < 1.29 is 28.8 Å². The molecule has 2 N–H and O–H groups in total. The number of amides is 2. The van der Waals surface area contributed by atoms with Gasteiger partial charge in [-0.15, -0.1) is 0 Å². The highest BCUT2D eigenvalue weighted by Crippen LogP contribution is 2.13. The molecule has 2 rings (SSSR count). The van der Waals surface area contributed by atoms with Crippen LogP contribution in [0.3, 0.4) is 0 Å². The normalized spacial score (nSPS) is 11.1. The summed E-state index contributed by atoms with van der Waals surface area (Å²) in [7, 11) is 1.18. The van der Waals surface area contributed by atoms with Crippen molar-refractivity contribution in [3.8, 4) is 0 Å². The molecule has 0 bridgehead atoms. The summed E-state index contributed by atoms with van der Waals surface area (Å²) in [6.45, 7) is -0.347. The maximum absolute atomic E-state index is 12.1. The van der Waals surface area contributed by atoms with E-state index in [2.05, 4.69) is 15.4 Å². The molecule has 0 aliphatic rings. The van der Waals surface area contributed by atoms with Crippen LogP contribution < -0.4 is 10.6 Å². The zero-order valence-corrected chi connectivity index (χ0v) is 16.2. The number of hydrogen-bond acceptors (Lipinski definition) is 7. The van der Waals surface area contributed by atoms with Crippen LogP contribution in [0.4, 0.5) is 10.5 Å². The van der Waals surface area contributed by atoms with Crippen molar-refractivity contribution in [2.45, 2.75) is 19.1 Å². The van der Waals surface area contributed by atoms with Crippen LogP contribution in [0.25, 0.3) is 0 Å². The molecular weight excluding hydrogens is 394 g/mol. The summed E-state index contributed by atoms with van der Waals surface area (Å²) in [5.41, 5.74) is 1.30. The fraction of sp³-hybridized carbons (Fsp3) is 0.250. The lowest BCUT2D eigenvalue weighted by Crippen LogP contribution is -2.47. The second-order valence-corrected chi connectivity index (χ2v) is 6.19. The molecule has 30 heavy (non-hydrogen) atoms. The van der Waals surface area contributed by atoms with Gasteiger partial charge in [0.15, 0.2) is 0 Å². The Hall–Kier alpha value is -3.95. The molecule has 1 atom stereocenters. The van der Waals surface area contributed by atoms with Gasteiger partial charge in [-0.25, -0.2) is 9.59 Å². The molecule has 0 fully saturated rings. The Kier molecular flexibility index (Phi) is 8.30. The summed E-state index contributed by atoms with van der Waals surface area (Å²) in [4.78, 5) is 46.0. The van der Waals surface area contributed by atoms with E-state index in [4.69, 9.17) is 4.74 Å². The van der Waals surface area contributed by atoms with Crippen molar-refractivity contribution in [3.63, 3.8) is 0 Å². The van der Waals surface area contributed by atoms with Crippen molar-refractivity contribution in [2.24, 2.45) is 0 Å². The Balaban J connectivity index is 1.84. The molecule has 0 saturated heterocycles. The van der Waals surface area contributed by atoms with E-state index in [1.165, 1.54) is 31.4 Å². The second kappa shape index (κ2) is 11.1. The summed E-state index contributed by atoms with van der Waals surface area (Å²) in [6.07, 6.45) is -0.714. The van der Waals surface area contributed by atoms with E-state index in [9.17, 15) is 24.5 Å². The Morgan fingerprint density at radius 1 is 1.03 bits per heavy atom. The first kappa shape index (κ1) is 22.3. The van der Waals surface area contributed by atoms with Gasteiger partial charge in [-0.05, 0) is 11.1 Å². The van der Waals surface area contributed by atoms with E-state index in [-0.39, 0.29) is 18.7 Å². The van der Waals surface area contributed by atoms with E-state index in [0.29, 0.717) is 5.56 Å². The highest BCUT2D eigenvalue weighted by atomic mass is 16.6. The number of alkyl carbamates (subject to hydrolysis) is 1. The number of nitro benzene ring substituents is 1. The van der Waals surface area contributed by atoms with Crippen LogP contribution in [0.15, 0.2) is 54.6 Å². The summed E-state index contributed by atoms with van der Waals surface area (Å²) >= 11 is 0. The number of nitro groups is 1. The number of benzene rings is 2. The molecule has 0 aromatic heterocycles. The van der Waals surface area contributed by atoms with Gasteiger partial charge in [0, 0.05) is 18.6 Å². The molecule has 0 spiro atoms. The molecule has 0 radical (unpaired) electrons. The number of non-ortho nitro benzene ring substituents is 1. The van der Waals surface area contributed by atoms with Crippen molar-refractivity contribution in [1.82, 2.24) is 10.6 Å². The van der Waals surface area contributed by atoms with Crippen LogP contribution in [-0.2, 0) is 32.1 Å². The molecule has 2 aromatic carbocycles. The zero-order chi connectivity index (χ0) is 21.9. The van der Waals surface area contributed by atoms with Crippen molar-refractivity contribution in [2.75, 3.05) is 13.7 Å². The fourth-order valence-electron chi connectivity index (χ4n) is 2.50. The van der Waals surface area contributed by atoms with Gasteiger partial charge < -0.3 is 20.1 Å². The molecule has 0 heterocycles. The van der Waals surface area contributed by atoms with Crippen LogP contribution in [0.2, 0.25) is 0 Å². The first-order valence-corrected chi connectivity index (χ1v) is 8.94. The average Bonchev–Trinajstić information content (AvgIpc) is 2.76. The van der Waals surface area contributed by atoms with Crippen molar-refractivity contribution in [3.05, 3.63) is 75.8 Å². The number of ether oxygens (including phenoxy) is 2. The molecule has 0 aliphatic heterocycles. The Labute approximate surface area is 172 Å². The quantitative estimate of drug-likeness (QED) is 0.361. The van der Waals surface area contributed by atoms with Gasteiger partial charge in [0.25, 0.3) is 5.69 Å². The number of rotatable bonds is 9. The van der Waals surface area contributed by atoms with Crippen LogP contribution in [-0.4, -0.2) is 42.6 Å². The summed E-state index contributed by atoms with van der Waals surface area (Å²) in [5, 5.41) is 15.5. The van der Waals surface area contributed by atoms with E-state index in [1.807, 2.05) is 18.2 Å². The minimum absolute atomic E-state index is 0.0548. The molecule has 10 nitrogen and oxygen atoms in total. The number of nitrogens with zero attached hydrogens (tertiary/aromatic N) is 1. The van der Waals surface area contributed by atoms with Gasteiger partial charge in [-0.1, -0.05) is 42.5 Å². The molecule has 0 saturated carbocycles. The van der Waals surface area contributed by atoms with Crippen molar-refractivity contribution in [1.29, 1.82) is 0 Å². The maximum atomic E-state index is 12.1. The van der Waals surface area contributed by atoms with E-state index < -0.39 is 35.5 Å². The number of nitrogens with one attached hydrogen (secondary N) is 2. The third-order valence-corrected chi connectivity index (χ3v) is 4.01. The monoisotopic (exact) mass is 415 g/mol. The first-order valence-electron chi connectivity index (χ1n) is 8.94. The van der Waals surface area contributed by atoms with Gasteiger partial charge in [-0.2, -0.15) is 0 Å². The van der Waals surface area contributed by atoms with Crippen LogP contribution >= 0.6 is 0 Å². The number of esters is 1. The van der Waals surface area contributed by atoms with Gasteiger partial charge in [-0.3, -0.25) is 14.9 Å². The molecule has 2 amide bonds. The largest absolute Gasteiger partial charge is 0.467 e. The van der Waals surface area contributed by atoms with E-state index in [0.717, 1.165) is 5.56 Å². The van der Waals surface area contributed by atoms with Gasteiger partial charge in [0.2, 0.25) is 5.91 Å².